The molecule has 3 rings (SSSR count). The molecule has 0 saturated heterocycles. The highest BCUT2D eigenvalue weighted by molar-refractivity contribution is 7.16. The van der Waals surface area contributed by atoms with Crippen LogP contribution < -0.4 is 5.56 Å². The van der Waals surface area contributed by atoms with Crippen molar-refractivity contribution in [3.05, 3.63) is 67.9 Å². The van der Waals surface area contributed by atoms with E-state index in [0.29, 0.717) is 28.4 Å². The van der Waals surface area contributed by atoms with E-state index in [4.69, 9.17) is 4.74 Å². The molecule has 0 atom stereocenters. The molecule has 1 N–H and O–H groups in total. The number of aromatic amines is 1. The first kappa shape index (κ1) is 20.8. The number of carbonyl (C=O) groups is 1. The number of aryl methyl sites for hydroxylation is 1. The first-order valence-electron chi connectivity index (χ1n) is 9.56. The summed E-state index contributed by atoms with van der Waals surface area (Å²) in [6.45, 7) is 9.98. The Labute approximate surface area is 173 Å². The van der Waals surface area contributed by atoms with Gasteiger partial charge in [-0.05, 0) is 44.4 Å². The summed E-state index contributed by atoms with van der Waals surface area (Å²) in [6, 6.07) is 9.36. The van der Waals surface area contributed by atoms with E-state index in [2.05, 4.69) is 23.9 Å². The standard InChI is InChI=1S/C22H25N3O3S/c1-6-28-22(27)18-14(4)19(13(2)3)29-20(18)23-12-17-15(5)24-25(21(17)26)16-10-8-7-9-11-16/h7-13,24H,6H2,1-5H3. The third-order valence-electron chi connectivity index (χ3n) is 4.61. The van der Waals surface area contributed by atoms with Gasteiger partial charge in [0.15, 0.2) is 0 Å². The lowest BCUT2D eigenvalue weighted by atomic mass is 10.1. The Morgan fingerprint density at radius 1 is 1.28 bits per heavy atom. The van der Waals surface area contributed by atoms with Gasteiger partial charge in [0.2, 0.25) is 0 Å². The van der Waals surface area contributed by atoms with Crippen LogP contribution in [0.2, 0.25) is 0 Å². The lowest BCUT2D eigenvalue weighted by molar-refractivity contribution is 0.0527. The molecule has 2 aromatic heterocycles. The molecule has 0 amide bonds. The number of rotatable bonds is 6. The van der Waals surface area contributed by atoms with E-state index >= 15 is 0 Å². The van der Waals surface area contributed by atoms with Gasteiger partial charge in [-0.15, -0.1) is 11.3 Å². The average Bonchev–Trinajstić information content (AvgIpc) is 3.17. The van der Waals surface area contributed by atoms with Gasteiger partial charge >= 0.3 is 5.97 Å². The Morgan fingerprint density at radius 2 is 1.97 bits per heavy atom. The molecule has 0 spiro atoms. The van der Waals surface area contributed by atoms with Crippen molar-refractivity contribution in [1.29, 1.82) is 0 Å². The molecule has 0 fully saturated rings. The van der Waals surface area contributed by atoms with Gasteiger partial charge in [-0.2, -0.15) is 0 Å². The van der Waals surface area contributed by atoms with Crippen LogP contribution in [0.1, 0.15) is 58.7 Å². The van der Waals surface area contributed by atoms with Gasteiger partial charge in [-0.25, -0.2) is 14.5 Å². The maximum atomic E-state index is 12.9. The fourth-order valence-electron chi connectivity index (χ4n) is 3.19. The van der Waals surface area contributed by atoms with Crippen molar-refractivity contribution in [2.24, 2.45) is 4.99 Å². The molecule has 0 bridgehead atoms. The summed E-state index contributed by atoms with van der Waals surface area (Å²) in [5.74, 6) is -0.116. The van der Waals surface area contributed by atoms with Gasteiger partial charge in [0, 0.05) is 16.8 Å². The van der Waals surface area contributed by atoms with Crippen LogP contribution in [0.25, 0.3) is 5.69 Å². The van der Waals surface area contributed by atoms with Crippen LogP contribution in [0, 0.1) is 13.8 Å². The molecule has 29 heavy (non-hydrogen) atoms. The van der Waals surface area contributed by atoms with Crippen molar-refractivity contribution in [2.45, 2.75) is 40.5 Å². The molecule has 2 heterocycles. The Hall–Kier alpha value is -2.93. The summed E-state index contributed by atoms with van der Waals surface area (Å²) in [4.78, 5) is 31.0. The quantitative estimate of drug-likeness (QED) is 0.463. The number of benzene rings is 1. The summed E-state index contributed by atoms with van der Waals surface area (Å²) >= 11 is 1.46. The van der Waals surface area contributed by atoms with Gasteiger partial charge in [0.25, 0.3) is 5.56 Å². The van der Waals surface area contributed by atoms with Crippen LogP contribution in [-0.4, -0.2) is 28.6 Å². The monoisotopic (exact) mass is 411 g/mol. The molecular weight excluding hydrogens is 386 g/mol. The summed E-state index contributed by atoms with van der Waals surface area (Å²) in [7, 11) is 0. The molecule has 1 aromatic carbocycles. The minimum atomic E-state index is -0.382. The number of carbonyl (C=O) groups excluding carboxylic acids is 1. The predicted octanol–water partition coefficient (Wildman–Crippen LogP) is 4.89. The van der Waals surface area contributed by atoms with E-state index in [1.807, 2.05) is 44.2 Å². The number of hydrogen-bond acceptors (Lipinski definition) is 5. The lowest BCUT2D eigenvalue weighted by Gasteiger charge is -2.04. The number of thiophene rings is 1. The predicted molar refractivity (Wildman–Crippen MR) is 117 cm³/mol. The van der Waals surface area contributed by atoms with Crippen LogP contribution in [0.5, 0.6) is 0 Å². The second kappa shape index (κ2) is 8.61. The Morgan fingerprint density at radius 3 is 2.59 bits per heavy atom. The summed E-state index contributed by atoms with van der Waals surface area (Å²) in [5, 5.41) is 3.65. The second-order valence-electron chi connectivity index (χ2n) is 7.03. The Bertz CT molecular complexity index is 1100. The van der Waals surface area contributed by atoms with E-state index < -0.39 is 0 Å². The van der Waals surface area contributed by atoms with Gasteiger partial charge in [0.1, 0.15) is 5.00 Å². The van der Waals surface area contributed by atoms with Crippen LogP contribution in [0.15, 0.2) is 40.1 Å². The number of ether oxygens (including phenoxy) is 1. The molecule has 6 nitrogen and oxygen atoms in total. The van der Waals surface area contributed by atoms with Gasteiger partial charge < -0.3 is 4.74 Å². The third kappa shape index (κ3) is 4.10. The zero-order valence-electron chi connectivity index (χ0n) is 17.3. The number of esters is 1. The second-order valence-corrected chi connectivity index (χ2v) is 8.06. The van der Waals surface area contributed by atoms with E-state index in [9.17, 15) is 9.59 Å². The molecule has 0 radical (unpaired) electrons. The molecule has 0 aliphatic carbocycles. The van der Waals surface area contributed by atoms with Gasteiger partial charge in [0.05, 0.1) is 23.4 Å². The van der Waals surface area contributed by atoms with Crippen LogP contribution in [-0.2, 0) is 4.74 Å². The molecule has 0 saturated carbocycles. The van der Waals surface area contributed by atoms with E-state index in [1.165, 1.54) is 22.2 Å². The van der Waals surface area contributed by atoms with E-state index in [-0.39, 0.29) is 17.4 Å². The Kier molecular flexibility index (Phi) is 6.17. The highest BCUT2D eigenvalue weighted by Gasteiger charge is 2.23. The van der Waals surface area contributed by atoms with Crippen LogP contribution in [0.4, 0.5) is 5.00 Å². The van der Waals surface area contributed by atoms with Crippen molar-refractivity contribution in [1.82, 2.24) is 9.78 Å². The molecular formula is C22H25N3O3S. The van der Waals surface area contributed by atoms with Gasteiger partial charge in [-0.1, -0.05) is 32.0 Å². The summed E-state index contributed by atoms with van der Waals surface area (Å²) in [5.41, 5.74) is 3.10. The third-order valence-corrected chi connectivity index (χ3v) is 6.11. The summed E-state index contributed by atoms with van der Waals surface area (Å²) in [6.07, 6.45) is 1.53. The fourth-order valence-corrected chi connectivity index (χ4v) is 4.34. The zero-order valence-corrected chi connectivity index (χ0v) is 18.1. The smallest absolute Gasteiger partial charge is 0.341 e. The van der Waals surface area contributed by atoms with Crippen molar-refractivity contribution in [2.75, 3.05) is 6.61 Å². The zero-order chi connectivity index (χ0) is 21.1. The molecule has 3 aromatic rings. The summed E-state index contributed by atoms with van der Waals surface area (Å²) < 4.78 is 6.71. The largest absolute Gasteiger partial charge is 0.462 e. The number of para-hydroxylation sites is 1. The topological polar surface area (TPSA) is 76.4 Å². The minimum absolute atomic E-state index is 0.188. The molecule has 0 aliphatic rings. The lowest BCUT2D eigenvalue weighted by Crippen LogP contribution is -2.17. The molecule has 7 heteroatoms. The van der Waals surface area contributed by atoms with E-state index in [0.717, 1.165) is 16.1 Å². The number of nitrogens with zero attached hydrogens (tertiary/aromatic N) is 2. The highest BCUT2D eigenvalue weighted by Crippen LogP contribution is 2.39. The minimum Gasteiger partial charge on any atom is -0.462 e. The fraction of sp³-hybridized carbons (Fsp3) is 0.318. The van der Waals surface area contributed by atoms with Crippen molar-refractivity contribution in [3.8, 4) is 5.69 Å². The van der Waals surface area contributed by atoms with Crippen LogP contribution in [0.3, 0.4) is 0 Å². The van der Waals surface area contributed by atoms with Gasteiger partial charge in [-0.3, -0.25) is 9.89 Å². The molecule has 0 unspecified atom stereocenters. The van der Waals surface area contributed by atoms with Crippen molar-refractivity contribution in [3.63, 3.8) is 0 Å². The highest BCUT2D eigenvalue weighted by atomic mass is 32.1. The normalized spacial score (nSPS) is 11.5. The van der Waals surface area contributed by atoms with Crippen molar-refractivity contribution >= 4 is 28.5 Å². The SMILES string of the molecule is CCOC(=O)c1c(N=Cc2c(C)[nH]n(-c3ccccc3)c2=O)sc(C(C)C)c1C. The van der Waals surface area contributed by atoms with E-state index in [1.54, 1.807) is 6.92 Å². The maximum absolute atomic E-state index is 12.9. The first-order valence-corrected chi connectivity index (χ1v) is 10.4. The number of nitrogens with one attached hydrogen (secondary N) is 1. The first-order chi connectivity index (χ1) is 13.8. The Balaban J connectivity index is 2.05. The average molecular weight is 412 g/mol. The number of aliphatic imine (C=N–C) groups is 1. The molecule has 152 valence electrons. The van der Waals surface area contributed by atoms with Crippen LogP contribution >= 0.6 is 11.3 Å². The number of hydrogen-bond donors (Lipinski definition) is 1. The molecule has 0 aliphatic heterocycles. The number of H-pyrrole nitrogens is 1. The maximum Gasteiger partial charge on any atom is 0.341 e. The van der Waals surface area contributed by atoms with Crippen molar-refractivity contribution < 1.29 is 9.53 Å². The number of aromatic nitrogens is 2.